The number of nitrogens with one attached hydrogen (secondary N) is 1. The lowest BCUT2D eigenvalue weighted by atomic mass is 10.1. The summed E-state index contributed by atoms with van der Waals surface area (Å²) in [6, 6.07) is 0.155. The molecule has 100 valence electrons. The second kappa shape index (κ2) is 5.52. The SMILES string of the molecule is Cc1noc(C)c1CCC(=O)NC(CN)C1CC1. The van der Waals surface area contributed by atoms with Crippen molar-refractivity contribution in [2.24, 2.45) is 11.7 Å². The molecule has 1 aromatic heterocycles. The maximum Gasteiger partial charge on any atom is 0.220 e. The maximum absolute atomic E-state index is 11.8. The lowest BCUT2D eigenvalue weighted by Crippen LogP contribution is -2.41. The molecule has 1 aromatic rings. The Morgan fingerprint density at radius 1 is 1.56 bits per heavy atom. The molecule has 0 aromatic carbocycles. The zero-order valence-electron chi connectivity index (χ0n) is 11.0. The highest BCUT2D eigenvalue weighted by molar-refractivity contribution is 5.76. The van der Waals surface area contributed by atoms with E-state index in [1.165, 1.54) is 12.8 Å². The maximum atomic E-state index is 11.8. The summed E-state index contributed by atoms with van der Waals surface area (Å²) in [6.07, 6.45) is 3.51. The third-order valence-corrected chi connectivity index (χ3v) is 3.57. The number of hydrogen-bond acceptors (Lipinski definition) is 4. The van der Waals surface area contributed by atoms with Crippen LogP contribution in [-0.2, 0) is 11.2 Å². The topological polar surface area (TPSA) is 81.2 Å². The van der Waals surface area contributed by atoms with Crippen LogP contribution >= 0.6 is 0 Å². The van der Waals surface area contributed by atoms with Crippen molar-refractivity contribution in [1.29, 1.82) is 0 Å². The van der Waals surface area contributed by atoms with Crippen LogP contribution in [0.4, 0.5) is 0 Å². The molecule has 1 atom stereocenters. The summed E-state index contributed by atoms with van der Waals surface area (Å²) in [5.41, 5.74) is 7.58. The number of carbonyl (C=O) groups excluding carboxylic acids is 1. The number of aryl methyl sites for hydroxylation is 2. The van der Waals surface area contributed by atoms with Crippen LogP contribution in [-0.4, -0.2) is 23.7 Å². The molecule has 0 saturated heterocycles. The third kappa shape index (κ3) is 3.10. The fourth-order valence-corrected chi connectivity index (χ4v) is 2.24. The van der Waals surface area contributed by atoms with Crippen molar-refractivity contribution in [3.8, 4) is 0 Å². The predicted molar refractivity (Wildman–Crippen MR) is 68.0 cm³/mol. The van der Waals surface area contributed by atoms with E-state index in [0.29, 0.717) is 25.3 Å². The van der Waals surface area contributed by atoms with E-state index in [-0.39, 0.29) is 11.9 Å². The molecule has 0 aliphatic heterocycles. The van der Waals surface area contributed by atoms with Gasteiger partial charge in [0.05, 0.1) is 5.69 Å². The van der Waals surface area contributed by atoms with Crippen LogP contribution in [0.1, 0.15) is 36.3 Å². The molecule has 5 heteroatoms. The van der Waals surface area contributed by atoms with Gasteiger partial charge in [0.1, 0.15) is 5.76 Å². The first kappa shape index (κ1) is 13.1. The monoisotopic (exact) mass is 251 g/mol. The zero-order chi connectivity index (χ0) is 13.1. The van der Waals surface area contributed by atoms with Gasteiger partial charge in [0, 0.05) is 24.6 Å². The van der Waals surface area contributed by atoms with E-state index in [2.05, 4.69) is 10.5 Å². The Kier molecular flexibility index (Phi) is 4.01. The van der Waals surface area contributed by atoms with Crippen LogP contribution in [0.5, 0.6) is 0 Å². The molecule has 1 aliphatic rings. The van der Waals surface area contributed by atoms with Crippen LogP contribution in [0.15, 0.2) is 4.52 Å². The minimum absolute atomic E-state index is 0.0670. The first-order valence-corrected chi connectivity index (χ1v) is 6.53. The molecule has 1 fully saturated rings. The molecular formula is C13H21N3O2. The lowest BCUT2D eigenvalue weighted by molar-refractivity contribution is -0.121. The highest BCUT2D eigenvalue weighted by Gasteiger charge is 2.31. The van der Waals surface area contributed by atoms with Crippen molar-refractivity contribution in [3.63, 3.8) is 0 Å². The summed E-state index contributed by atoms with van der Waals surface area (Å²) in [5.74, 6) is 1.47. The molecule has 1 heterocycles. The molecule has 0 bridgehead atoms. The molecule has 18 heavy (non-hydrogen) atoms. The summed E-state index contributed by atoms with van der Waals surface area (Å²) in [7, 11) is 0. The van der Waals surface area contributed by atoms with Gasteiger partial charge in [-0.25, -0.2) is 0 Å². The van der Waals surface area contributed by atoms with Crippen LogP contribution in [0.3, 0.4) is 0 Å². The molecule has 1 aliphatic carbocycles. The fraction of sp³-hybridized carbons (Fsp3) is 0.692. The van der Waals surface area contributed by atoms with Gasteiger partial charge in [0.2, 0.25) is 5.91 Å². The molecule has 1 saturated carbocycles. The summed E-state index contributed by atoms with van der Waals surface area (Å²) in [6.45, 7) is 4.30. The van der Waals surface area contributed by atoms with Crippen molar-refractivity contribution < 1.29 is 9.32 Å². The van der Waals surface area contributed by atoms with Gasteiger partial charge in [0.25, 0.3) is 0 Å². The van der Waals surface area contributed by atoms with Crippen molar-refractivity contribution in [2.75, 3.05) is 6.54 Å². The van der Waals surface area contributed by atoms with E-state index < -0.39 is 0 Å². The van der Waals surface area contributed by atoms with Crippen molar-refractivity contribution in [1.82, 2.24) is 10.5 Å². The normalized spacial score (nSPS) is 16.6. The van der Waals surface area contributed by atoms with Crippen molar-refractivity contribution >= 4 is 5.91 Å². The number of rotatable bonds is 6. The number of amides is 1. The second-order valence-corrected chi connectivity index (χ2v) is 5.05. The van der Waals surface area contributed by atoms with E-state index in [9.17, 15) is 4.79 Å². The van der Waals surface area contributed by atoms with E-state index in [1.54, 1.807) is 0 Å². The second-order valence-electron chi connectivity index (χ2n) is 5.05. The average Bonchev–Trinajstić information content (AvgIpc) is 3.13. The molecule has 3 N–H and O–H groups in total. The van der Waals surface area contributed by atoms with E-state index in [1.807, 2.05) is 13.8 Å². The Balaban J connectivity index is 1.81. The van der Waals surface area contributed by atoms with E-state index in [4.69, 9.17) is 10.3 Å². The van der Waals surface area contributed by atoms with Gasteiger partial charge in [-0.1, -0.05) is 5.16 Å². The Morgan fingerprint density at radius 2 is 2.28 bits per heavy atom. The Morgan fingerprint density at radius 3 is 2.78 bits per heavy atom. The summed E-state index contributed by atoms with van der Waals surface area (Å²) >= 11 is 0. The Bertz CT molecular complexity index is 404. The zero-order valence-corrected chi connectivity index (χ0v) is 11.0. The van der Waals surface area contributed by atoms with Gasteiger partial charge >= 0.3 is 0 Å². The number of carbonyl (C=O) groups is 1. The van der Waals surface area contributed by atoms with Gasteiger partial charge in [0.15, 0.2) is 0 Å². The molecular weight excluding hydrogens is 230 g/mol. The van der Waals surface area contributed by atoms with Gasteiger partial charge in [-0.2, -0.15) is 0 Å². The van der Waals surface area contributed by atoms with Crippen LogP contribution in [0.2, 0.25) is 0 Å². The van der Waals surface area contributed by atoms with Crippen LogP contribution < -0.4 is 11.1 Å². The van der Waals surface area contributed by atoms with E-state index in [0.717, 1.165) is 17.0 Å². The van der Waals surface area contributed by atoms with Gasteiger partial charge in [-0.05, 0) is 39.0 Å². The molecule has 0 radical (unpaired) electrons. The standard InChI is InChI=1S/C13H21N3O2/c1-8-11(9(2)18-16-8)5-6-13(17)15-12(7-14)10-3-4-10/h10,12H,3-7,14H2,1-2H3,(H,15,17). The first-order valence-electron chi connectivity index (χ1n) is 6.53. The lowest BCUT2D eigenvalue weighted by Gasteiger charge is -2.15. The molecule has 0 spiro atoms. The number of hydrogen-bond donors (Lipinski definition) is 2. The number of nitrogens with two attached hydrogens (primary N) is 1. The van der Waals surface area contributed by atoms with Crippen LogP contribution in [0.25, 0.3) is 0 Å². The number of aromatic nitrogens is 1. The minimum atomic E-state index is 0.0670. The predicted octanol–water partition coefficient (Wildman–Crippen LogP) is 1.08. The Labute approximate surface area is 107 Å². The summed E-state index contributed by atoms with van der Waals surface area (Å²) in [5, 5.41) is 6.90. The van der Waals surface area contributed by atoms with Crippen molar-refractivity contribution in [3.05, 3.63) is 17.0 Å². The van der Waals surface area contributed by atoms with Gasteiger partial charge in [-0.15, -0.1) is 0 Å². The fourth-order valence-electron chi connectivity index (χ4n) is 2.24. The van der Waals surface area contributed by atoms with E-state index >= 15 is 0 Å². The molecule has 5 nitrogen and oxygen atoms in total. The summed E-state index contributed by atoms with van der Waals surface area (Å²) < 4.78 is 5.08. The third-order valence-electron chi connectivity index (χ3n) is 3.57. The quantitative estimate of drug-likeness (QED) is 0.792. The molecule has 1 amide bonds. The van der Waals surface area contributed by atoms with Gasteiger partial charge in [-0.3, -0.25) is 4.79 Å². The van der Waals surface area contributed by atoms with Crippen molar-refractivity contribution in [2.45, 2.75) is 45.6 Å². The minimum Gasteiger partial charge on any atom is -0.361 e. The van der Waals surface area contributed by atoms with Gasteiger partial charge < -0.3 is 15.6 Å². The molecule has 1 unspecified atom stereocenters. The summed E-state index contributed by atoms with van der Waals surface area (Å²) in [4.78, 5) is 11.8. The number of nitrogens with zero attached hydrogens (tertiary/aromatic N) is 1. The molecule has 2 rings (SSSR count). The largest absolute Gasteiger partial charge is 0.361 e. The highest BCUT2D eigenvalue weighted by atomic mass is 16.5. The highest BCUT2D eigenvalue weighted by Crippen LogP contribution is 2.32. The smallest absolute Gasteiger partial charge is 0.220 e. The average molecular weight is 251 g/mol. The first-order chi connectivity index (χ1) is 8.61. The Hall–Kier alpha value is -1.36. The van der Waals surface area contributed by atoms with Crippen LogP contribution in [0, 0.1) is 19.8 Å².